The molecule has 0 spiro atoms. The molecule has 12 bridgehead atoms. The molecule has 63 heavy (non-hydrogen) atoms. The standard InChI is InChI=1S/4C9H14O.2C9H12.C2H6O.K.H2O/c2*1-2-7-3-6-4-8(7)9(10)5-6;2*1-2-6-3-8-4-7(6)5-9(8)10;2*1-2-8-5-7-3-4-9(8)6-7;1-2-3;;/h2*2,6,8-10H,3-5H2,1H3;2*2,7-10H,3-5H2,1H3;2*2-4,7,9H,5-6H2,1H3;3H,2H2,1H3;;1H2/q;;;;;;;+1;/p-1/b7-2+;7-2-;6-2+;6-2-;8-2+;8-2-;;;. The molecule has 12 rings (SSSR count). The summed E-state index contributed by atoms with van der Waals surface area (Å²) in [5, 5.41) is 45.3. The molecule has 0 radical (unpaired) electrons. The summed E-state index contributed by atoms with van der Waals surface area (Å²) in [7, 11) is 0. The van der Waals surface area contributed by atoms with Gasteiger partial charge in [0.1, 0.15) is 0 Å². The van der Waals surface area contributed by atoms with Gasteiger partial charge in [0.05, 0.1) is 24.4 Å². The van der Waals surface area contributed by atoms with Crippen LogP contribution < -0.4 is 51.4 Å². The van der Waals surface area contributed by atoms with E-state index in [4.69, 9.17) is 5.11 Å². The molecule has 0 heterocycles. The molecular weight excluding hydrogens is 808 g/mol. The average molecular weight is 895 g/mol. The average Bonchev–Trinajstić information content (AvgIpc) is 4.11. The molecule has 16 unspecified atom stereocenters. The molecule has 0 amide bonds. The number of allylic oxidation sites excluding steroid dienone is 14. The van der Waals surface area contributed by atoms with Crippen molar-refractivity contribution >= 4 is 0 Å². The van der Waals surface area contributed by atoms with Gasteiger partial charge in [0.2, 0.25) is 0 Å². The van der Waals surface area contributed by atoms with Crippen molar-refractivity contribution < 1.29 is 82.4 Å². The van der Waals surface area contributed by atoms with Gasteiger partial charge in [0.25, 0.3) is 0 Å². The van der Waals surface area contributed by atoms with Gasteiger partial charge in [-0.05, 0) is 210 Å². The van der Waals surface area contributed by atoms with Crippen molar-refractivity contribution in [2.24, 2.45) is 71.0 Å². The fraction of sp³-hybridized carbons (Fsp3) is 0.714. The Kier molecular flexibility index (Phi) is 22.8. The third-order valence-corrected chi connectivity index (χ3v) is 17.1. The van der Waals surface area contributed by atoms with Crippen molar-refractivity contribution in [3.63, 3.8) is 0 Å². The molecule has 12 aliphatic rings. The first kappa shape index (κ1) is 54.9. The van der Waals surface area contributed by atoms with Crippen LogP contribution in [0, 0.1) is 71.0 Å². The van der Waals surface area contributed by atoms with Crippen molar-refractivity contribution in [2.75, 3.05) is 6.61 Å². The molecule has 0 aromatic carbocycles. The fourth-order valence-electron chi connectivity index (χ4n) is 13.9. The van der Waals surface area contributed by atoms with Crippen LogP contribution >= 0.6 is 0 Å². The first-order valence-corrected chi connectivity index (χ1v) is 25.1. The van der Waals surface area contributed by atoms with Crippen molar-refractivity contribution in [1.82, 2.24) is 0 Å². The molecule has 10 saturated carbocycles. The summed E-state index contributed by atoms with van der Waals surface area (Å²) >= 11 is 0. The van der Waals surface area contributed by atoms with Gasteiger partial charge in [-0.3, -0.25) is 0 Å². The Hall–Kier alpha value is -0.684. The van der Waals surface area contributed by atoms with Gasteiger partial charge in [-0.2, -0.15) is 0 Å². The molecule has 348 valence electrons. The van der Waals surface area contributed by atoms with Gasteiger partial charge < -0.3 is 31.0 Å². The largest absolute Gasteiger partial charge is 1.00 e. The van der Waals surface area contributed by atoms with E-state index in [9.17, 15) is 20.4 Å². The van der Waals surface area contributed by atoms with Crippen LogP contribution in [0.4, 0.5) is 0 Å². The summed E-state index contributed by atoms with van der Waals surface area (Å²) in [6.07, 6.45) is 42.5. The van der Waals surface area contributed by atoms with E-state index in [0.717, 1.165) is 73.0 Å². The molecule has 12 aliphatic carbocycles. The predicted octanol–water partition coefficient (Wildman–Crippen LogP) is 8.78. The Bertz CT molecular complexity index is 1570. The van der Waals surface area contributed by atoms with E-state index in [1.165, 1.54) is 88.2 Å². The Morgan fingerprint density at radius 3 is 0.952 bits per heavy atom. The topological polar surface area (TPSA) is 131 Å². The Morgan fingerprint density at radius 1 is 0.429 bits per heavy atom. The van der Waals surface area contributed by atoms with Crippen molar-refractivity contribution in [3.8, 4) is 0 Å². The van der Waals surface area contributed by atoms with Crippen LogP contribution in [0.25, 0.3) is 0 Å². The molecule has 16 atom stereocenters. The number of aliphatic hydroxyl groups excluding tert-OH is 5. The van der Waals surface area contributed by atoms with Gasteiger partial charge in [-0.1, -0.05) is 94.2 Å². The van der Waals surface area contributed by atoms with Gasteiger partial charge in [0.15, 0.2) is 0 Å². The second kappa shape index (κ2) is 26.2. The molecule has 0 saturated heterocycles. The van der Waals surface area contributed by atoms with Crippen LogP contribution in [0.3, 0.4) is 0 Å². The van der Waals surface area contributed by atoms with Crippen LogP contribution in [-0.2, 0) is 0 Å². The molecule has 0 aromatic rings. The minimum atomic E-state index is -0.00931. The minimum absolute atomic E-state index is 0. The summed E-state index contributed by atoms with van der Waals surface area (Å²) in [6.45, 7) is 14.6. The Labute approximate surface area is 426 Å². The molecule has 6 N–H and O–H groups in total. The van der Waals surface area contributed by atoms with E-state index in [0.29, 0.717) is 23.7 Å². The first-order chi connectivity index (χ1) is 29.4. The zero-order valence-electron chi connectivity index (χ0n) is 40.7. The summed E-state index contributed by atoms with van der Waals surface area (Å²) in [6, 6.07) is 0. The Balaban J connectivity index is 0.000000163. The first-order valence-electron chi connectivity index (χ1n) is 25.1. The Morgan fingerprint density at radius 2 is 0.778 bits per heavy atom. The van der Waals surface area contributed by atoms with E-state index < -0.39 is 0 Å². The number of hydrogen-bond acceptors (Lipinski definition) is 6. The number of fused-ring (bicyclic) bond motifs is 12. The molecular formula is C56H87KO6. The zero-order valence-corrected chi connectivity index (χ0v) is 43.8. The van der Waals surface area contributed by atoms with Crippen LogP contribution in [0.5, 0.6) is 0 Å². The second-order valence-corrected chi connectivity index (χ2v) is 20.7. The molecule has 0 aromatic heterocycles. The van der Waals surface area contributed by atoms with Gasteiger partial charge in [-0.25, -0.2) is 0 Å². The molecule has 0 aliphatic heterocycles. The number of rotatable bonds is 0. The van der Waals surface area contributed by atoms with Crippen molar-refractivity contribution in [1.29, 1.82) is 0 Å². The van der Waals surface area contributed by atoms with Gasteiger partial charge in [0, 0.05) is 18.4 Å². The second-order valence-electron chi connectivity index (χ2n) is 20.7. The molecule has 7 heteroatoms. The molecule has 6 nitrogen and oxygen atoms in total. The van der Waals surface area contributed by atoms with E-state index >= 15 is 0 Å². The van der Waals surface area contributed by atoms with Crippen LogP contribution in [0.2, 0.25) is 0 Å². The maximum atomic E-state index is 9.48. The number of hydrogen-bond donors (Lipinski definition) is 5. The number of aliphatic hydroxyl groups is 5. The van der Waals surface area contributed by atoms with Crippen molar-refractivity contribution in [2.45, 2.75) is 176 Å². The van der Waals surface area contributed by atoms with E-state index in [2.05, 4.69) is 102 Å². The maximum Gasteiger partial charge on any atom is 1.00 e. The SMILES string of the molecule is C/C=C1/CC2C=CC1C2.C/C=C1/CC2CC(O)C1C2.C/C=C1/CC2CC1CC2O.C/C=C1\CC2C=CC1C2.C/C=C1\CC2CC(O)C1C2.C/C=C1\CC2CC1CC2O.CCO.[K+].[OH-]. The fourth-order valence-corrected chi connectivity index (χ4v) is 13.9. The van der Waals surface area contributed by atoms with E-state index in [1.54, 1.807) is 29.2 Å². The third kappa shape index (κ3) is 13.7. The normalized spacial score (nSPS) is 43.7. The summed E-state index contributed by atoms with van der Waals surface area (Å²) in [5.74, 6) is 8.87. The van der Waals surface area contributed by atoms with E-state index in [-0.39, 0.29) is 87.9 Å². The third-order valence-electron chi connectivity index (χ3n) is 17.1. The quantitative estimate of drug-likeness (QED) is 0.122. The zero-order chi connectivity index (χ0) is 43.8. The minimum Gasteiger partial charge on any atom is -0.870 e. The maximum absolute atomic E-state index is 9.48. The predicted molar refractivity (Wildman–Crippen MR) is 255 cm³/mol. The summed E-state index contributed by atoms with van der Waals surface area (Å²) in [4.78, 5) is 0. The summed E-state index contributed by atoms with van der Waals surface area (Å²) < 4.78 is 0. The van der Waals surface area contributed by atoms with Crippen molar-refractivity contribution in [3.05, 3.63) is 94.2 Å². The monoisotopic (exact) mass is 895 g/mol. The summed E-state index contributed by atoms with van der Waals surface area (Å²) in [5.41, 5.74) is 9.53. The van der Waals surface area contributed by atoms with Crippen LogP contribution in [-0.4, -0.2) is 62.0 Å². The smallest absolute Gasteiger partial charge is 0.870 e. The molecule has 10 fully saturated rings. The van der Waals surface area contributed by atoms with Gasteiger partial charge in [-0.15, -0.1) is 0 Å². The van der Waals surface area contributed by atoms with Gasteiger partial charge >= 0.3 is 51.4 Å². The van der Waals surface area contributed by atoms with E-state index in [1.807, 2.05) is 0 Å². The van der Waals surface area contributed by atoms with Crippen LogP contribution in [0.1, 0.15) is 151 Å². The van der Waals surface area contributed by atoms with Crippen LogP contribution in [0.15, 0.2) is 94.2 Å².